The van der Waals surface area contributed by atoms with Crippen LogP contribution in [0.3, 0.4) is 0 Å². The molecule has 0 aliphatic rings. The number of carbonyl (C=O) groups excluding carboxylic acids is 2. The summed E-state index contributed by atoms with van der Waals surface area (Å²) < 4.78 is 9.79. The minimum atomic E-state index is -0.662. The van der Waals surface area contributed by atoms with Gasteiger partial charge in [0.25, 0.3) is 0 Å². The topological polar surface area (TPSA) is 64.6 Å². The predicted molar refractivity (Wildman–Crippen MR) is 83.2 cm³/mol. The minimum Gasteiger partial charge on any atom is -0.467 e. The zero-order valence-electron chi connectivity index (χ0n) is 12.3. The molecule has 116 valence electrons. The van der Waals surface area contributed by atoms with E-state index in [9.17, 15) is 9.59 Å². The molecule has 1 aromatic rings. The number of hydrogen-bond donors (Lipinski definition) is 1. The van der Waals surface area contributed by atoms with E-state index in [-0.39, 0.29) is 6.61 Å². The molecule has 1 amide bonds. The van der Waals surface area contributed by atoms with Gasteiger partial charge in [0, 0.05) is 0 Å². The number of hydrogen-bond acceptors (Lipinski definition) is 5. The summed E-state index contributed by atoms with van der Waals surface area (Å²) in [5.74, 6) is 0.474. The maximum absolute atomic E-state index is 11.7. The number of rotatable bonds is 8. The second kappa shape index (κ2) is 10.1. The molecule has 1 rings (SSSR count). The molecule has 0 heterocycles. The first-order valence-electron chi connectivity index (χ1n) is 6.71. The Kier molecular flexibility index (Phi) is 8.35. The number of benzene rings is 1. The van der Waals surface area contributed by atoms with Gasteiger partial charge in [0.05, 0.1) is 7.11 Å². The minimum absolute atomic E-state index is 0.172. The van der Waals surface area contributed by atoms with Gasteiger partial charge in [0.15, 0.2) is 0 Å². The highest BCUT2D eigenvalue weighted by Gasteiger charge is 2.21. The number of amides is 1. The fourth-order valence-electron chi connectivity index (χ4n) is 1.73. The average molecular weight is 311 g/mol. The number of alkyl carbamates (subject to hydrolysis) is 1. The molecule has 0 aliphatic heterocycles. The quantitative estimate of drug-likeness (QED) is 0.590. The molecule has 5 nitrogen and oxygen atoms in total. The van der Waals surface area contributed by atoms with Crippen LogP contribution in [0.15, 0.2) is 30.3 Å². The van der Waals surface area contributed by atoms with E-state index in [1.54, 1.807) is 11.8 Å². The largest absolute Gasteiger partial charge is 0.467 e. The SMILES string of the molecule is COC(=O)[C@@H](CCCSC)NC(=O)OCc1ccccc1. The molecule has 21 heavy (non-hydrogen) atoms. The Bertz CT molecular complexity index is 439. The van der Waals surface area contributed by atoms with E-state index in [1.165, 1.54) is 7.11 Å². The van der Waals surface area contributed by atoms with Gasteiger partial charge in [-0.2, -0.15) is 11.8 Å². The summed E-state index contributed by atoms with van der Waals surface area (Å²) in [5.41, 5.74) is 0.893. The molecule has 0 saturated carbocycles. The standard InChI is InChI=1S/C15H21NO4S/c1-19-14(17)13(9-6-10-21-2)16-15(18)20-11-12-7-4-3-5-8-12/h3-5,7-8,13H,6,9-11H2,1-2H3,(H,16,18)/t13-/m1/s1. The van der Waals surface area contributed by atoms with Crippen LogP contribution in [0.25, 0.3) is 0 Å². The fraction of sp³-hybridized carbons (Fsp3) is 0.467. The monoisotopic (exact) mass is 311 g/mol. The van der Waals surface area contributed by atoms with Crippen molar-refractivity contribution in [2.24, 2.45) is 0 Å². The lowest BCUT2D eigenvalue weighted by Gasteiger charge is -2.16. The number of nitrogens with one attached hydrogen (secondary N) is 1. The van der Waals surface area contributed by atoms with Gasteiger partial charge in [-0.05, 0) is 30.4 Å². The molecule has 6 heteroatoms. The fourth-order valence-corrected chi connectivity index (χ4v) is 2.19. The summed E-state index contributed by atoms with van der Waals surface area (Å²) in [5, 5.41) is 2.55. The van der Waals surface area contributed by atoms with Crippen LogP contribution in [0.2, 0.25) is 0 Å². The highest BCUT2D eigenvalue weighted by molar-refractivity contribution is 7.98. The van der Waals surface area contributed by atoms with Crippen molar-refractivity contribution in [3.63, 3.8) is 0 Å². The summed E-state index contributed by atoms with van der Waals surface area (Å²) in [6, 6.07) is 8.70. The van der Waals surface area contributed by atoms with Crippen LogP contribution in [-0.2, 0) is 20.9 Å². The number of methoxy groups -OCH3 is 1. The van der Waals surface area contributed by atoms with Gasteiger partial charge in [-0.3, -0.25) is 0 Å². The van der Waals surface area contributed by atoms with Crippen LogP contribution in [0.5, 0.6) is 0 Å². The highest BCUT2D eigenvalue weighted by atomic mass is 32.2. The maximum atomic E-state index is 11.7. The third-order valence-electron chi connectivity index (χ3n) is 2.83. The predicted octanol–water partition coefficient (Wildman–Crippen LogP) is 2.60. The molecule has 0 unspecified atom stereocenters. The molecule has 0 aromatic heterocycles. The summed E-state index contributed by atoms with van der Waals surface area (Å²) in [6.45, 7) is 0.172. The van der Waals surface area contributed by atoms with Crippen LogP contribution in [0.4, 0.5) is 4.79 Å². The second-order valence-corrected chi connectivity index (χ2v) is 5.40. The van der Waals surface area contributed by atoms with E-state index in [2.05, 4.69) is 5.32 Å². The first-order chi connectivity index (χ1) is 10.2. The Hall–Kier alpha value is -1.69. The molecule has 1 N–H and O–H groups in total. The molecule has 0 spiro atoms. The number of carbonyl (C=O) groups is 2. The first kappa shape index (κ1) is 17.4. The third-order valence-corrected chi connectivity index (χ3v) is 3.53. The normalized spacial score (nSPS) is 11.5. The molecule has 0 saturated heterocycles. The lowest BCUT2D eigenvalue weighted by atomic mass is 10.2. The van der Waals surface area contributed by atoms with E-state index >= 15 is 0 Å². The molecule has 1 atom stereocenters. The molecule has 0 fully saturated rings. The van der Waals surface area contributed by atoms with Gasteiger partial charge >= 0.3 is 12.1 Å². The van der Waals surface area contributed by atoms with E-state index in [1.807, 2.05) is 36.6 Å². The first-order valence-corrected chi connectivity index (χ1v) is 8.10. The Morgan fingerprint density at radius 1 is 1.29 bits per heavy atom. The molecule has 0 aliphatic carbocycles. The van der Waals surface area contributed by atoms with Crippen molar-refractivity contribution >= 4 is 23.8 Å². The second-order valence-electron chi connectivity index (χ2n) is 4.42. The van der Waals surface area contributed by atoms with Crippen LogP contribution in [0, 0.1) is 0 Å². The highest BCUT2D eigenvalue weighted by Crippen LogP contribution is 2.06. The third kappa shape index (κ3) is 7.04. The van der Waals surface area contributed by atoms with Crippen molar-refractivity contribution < 1.29 is 19.1 Å². The lowest BCUT2D eigenvalue weighted by Crippen LogP contribution is -2.41. The molecule has 0 radical (unpaired) electrons. The smallest absolute Gasteiger partial charge is 0.408 e. The van der Waals surface area contributed by atoms with Gasteiger partial charge in [-0.1, -0.05) is 30.3 Å². The van der Waals surface area contributed by atoms with Gasteiger partial charge < -0.3 is 14.8 Å². The zero-order chi connectivity index (χ0) is 15.5. The molecule has 0 bridgehead atoms. The van der Waals surface area contributed by atoms with E-state index in [0.29, 0.717) is 6.42 Å². The lowest BCUT2D eigenvalue weighted by molar-refractivity contribution is -0.143. The average Bonchev–Trinajstić information content (AvgIpc) is 2.52. The summed E-state index contributed by atoms with van der Waals surface area (Å²) in [6.07, 6.45) is 2.74. The van der Waals surface area contributed by atoms with Crippen molar-refractivity contribution in [2.45, 2.75) is 25.5 Å². The summed E-state index contributed by atoms with van der Waals surface area (Å²) in [7, 11) is 1.31. The van der Waals surface area contributed by atoms with Gasteiger partial charge in [0.2, 0.25) is 0 Å². The Labute approximate surface area is 129 Å². The van der Waals surface area contributed by atoms with Crippen molar-refractivity contribution in [1.82, 2.24) is 5.32 Å². The van der Waals surface area contributed by atoms with Gasteiger partial charge in [-0.25, -0.2) is 9.59 Å². The number of ether oxygens (including phenoxy) is 2. The van der Waals surface area contributed by atoms with Crippen LogP contribution in [-0.4, -0.2) is 37.2 Å². The molecular formula is C15H21NO4S. The molecular weight excluding hydrogens is 290 g/mol. The summed E-state index contributed by atoms with van der Waals surface area (Å²) >= 11 is 1.69. The Morgan fingerprint density at radius 2 is 2.00 bits per heavy atom. The van der Waals surface area contributed by atoms with Crippen LogP contribution < -0.4 is 5.32 Å². The van der Waals surface area contributed by atoms with Crippen LogP contribution >= 0.6 is 11.8 Å². The van der Waals surface area contributed by atoms with Crippen molar-refractivity contribution in [2.75, 3.05) is 19.1 Å². The van der Waals surface area contributed by atoms with Crippen molar-refractivity contribution in [1.29, 1.82) is 0 Å². The Morgan fingerprint density at radius 3 is 2.62 bits per heavy atom. The van der Waals surface area contributed by atoms with Gasteiger partial charge in [0.1, 0.15) is 12.6 Å². The zero-order valence-corrected chi connectivity index (χ0v) is 13.2. The maximum Gasteiger partial charge on any atom is 0.408 e. The van der Waals surface area contributed by atoms with Crippen molar-refractivity contribution in [3.05, 3.63) is 35.9 Å². The summed E-state index contributed by atoms with van der Waals surface area (Å²) in [4.78, 5) is 23.4. The van der Waals surface area contributed by atoms with E-state index < -0.39 is 18.1 Å². The van der Waals surface area contributed by atoms with E-state index in [4.69, 9.17) is 9.47 Å². The van der Waals surface area contributed by atoms with E-state index in [0.717, 1.165) is 17.7 Å². The molecule has 1 aromatic carbocycles. The van der Waals surface area contributed by atoms with Gasteiger partial charge in [-0.15, -0.1) is 0 Å². The van der Waals surface area contributed by atoms with Crippen LogP contribution in [0.1, 0.15) is 18.4 Å². The number of esters is 1. The number of thioether (sulfide) groups is 1. The Balaban J connectivity index is 2.41. The van der Waals surface area contributed by atoms with Crippen molar-refractivity contribution in [3.8, 4) is 0 Å².